The van der Waals surface area contributed by atoms with Gasteiger partial charge < -0.3 is 0 Å². The first kappa shape index (κ1) is 7.04. The van der Waals surface area contributed by atoms with Crippen molar-refractivity contribution in [3.63, 3.8) is 0 Å². The van der Waals surface area contributed by atoms with Crippen molar-refractivity contribution in [2.45, 2.75) is 0 Å². The van der Waals surface area contributed by atoms with Gasteiger partial charge in [0, 0.05) is 12.2 Å². The van der Waals surface area contributed by atoms with Crippen molar-refractivity contribution in [2.75, 3.05) is 0 Å². The lowest BCUT2D eigenvalue weighted by molar-refractivity contribution is 1.39. The Balaban J connectivity index is 2.38. The molecule has 0 unspecified atom stereocenters. The van der Waals surface area contributed by atoms with Crippen LogP contribution in [0.1, 0.15) is 5.56 Å². The first-order valence-electron chi connectivity index (χ1n) is 3.92. The van der Waals surface area contributed by atoms with Crippen LogP contribution in [0.4, 0.5) is 0 Å². The third-order valence-electron chi connectivity index (χ3n) is 1.79. The van der Waals surface area contributed by atoms with Gasteiger partial charge in [0.25, 0.3) is 0 Å². The van der Waals surface area contributed by atoms with E-state index in [1.165, 1.54) is 11.1 Å². The lowest BCUT2D eigenvalue weighted by atomic mass is 10.1. The molecule has 1 heterocycles. The summed E-state index contributed by atoms with van der Waals surface area (Å²) in [6.07, 6.45) is 7.63. The van der Waals surface area contributed by atoms with Crippen molar-refractivity contribution in [1.29, 1.82) is 0 Å². The van der Waals surface area contributed by atoms with Crippen LogP contribution in [0.3, 0.4) is 0 Å². The molecule has 0 spiro atoms. The Kier molecular flexibility index (Phi) is 1.87. The van der Waals surface area contributed by atoms with Crippen LogP contribution >= 0.6 is 0 Å². The fourth-order valence-corrected chi connectivity index (χ4v) is 1.17. The van der Waals surface area contributed by atoms with E-state index in [1.54, 1.807) is 0 Å². The molecule has 1 aliphatic heterocycles. The number of hydrogen-bond acceptors (Lipinski definition) is 1. The Morgan fingerprint density at radius 3 is 2.50 bits per heavy atom. The molecule has 0 aromatic heterocycles. The molecule has 0 saturated heterocycles. The van der Waals surface area contributed by atoms with E-state index in [9.17, 15) is 0 Å². The molecule has 0 atom stereocenters. The van der Waals surface area contributed by atoms with E-state index in [2.05, 4.69) is 17.1 Å². The summed E-state index contributed by atoms with van der Waals surface area (Å²) in [7, 11) is 0. The van der Waals surface area contributed by atoms with E-state index < -0.39 is 0 Å². The Labute approximate surface area is 71.8 Å². The van der Waals surface area contributed by atoms with Crippen molar-refractivity contribution >= 4 is 11.8 Å². The molecule has 0 fully saturated rings. The van der Waals surface area contributed by atoms with E-state index in [0.29, 0.717) is 0 Å². The van der Waals surface area contributed by atoms with Crippen LogP contribution in [0, 0.1) is 0 Å². The smallest absolute Gasteiger partial charge is 0.0622 e. The van der Waals surface area contributed by atoms with Crippen molar-refractivity contribution in [3.05, 3.63) is 54.2 Å². The van der Waals surface area contributed by atoms with Crippen LogP contribution in [0.15, 0.2) is 48.7 Å². The Bertz CT molecular complexity index is 345. The highest BCUT2D eigenvalue weighted by molar-refractivity contribution is 5.89. The summed E-state index contributed by atoms with van der Waals surface area (Å²) in [5.41, 5.74) is 2.45. The Morgan fingerprint density at radius 1 is 1.00 bits per heavy atom. The van der Waals surface area contributed by atoms with Gasteiger partial charge in [-0.2, -0.15) is 0 Å². The molecule has 0 aliphatic carbocycles. The standard InChI is InChI=1S/C11H9N/c1-2-4-10(5-3-1)11-6-8-12-9-7-11/h1-9H/q+1. The number of benzene rings is 1. The minimum Gasteiger partial charge on any atom is -0.0622 e. The highest BCUT2D eigenvalue weighted by Crippen LogP contribution is 2.14. The zero-order chi connectivity index (χ0) is 8.23. The summed E-state index contributed by atoms with van der Waals surface area (Å²) in [5.74, 6) is 0. The summed E-state index contributed by atoms with van der Waals surface area (Å²) in [4.78, 5) is 3.97. The molecular formula is C11H9N+. The molecule has 0 bridgehead atoms. The molecule has 12 heavy (non-hydrogen) atoms. The zero-order valence-corrected chi connectivity index (χ0v) is 6.64. The summed E-state index contributed by atoms with van der Waals surface area (Å²) in [6.45, 7) is 0. The quantitative estimate of drug-likeness (QED) is 0.589. The average Bonchev–Trinajstić information content (AvgIpc) is 2.21. The van der Waals surface area contributed by atoms with Gasteiger partial charge in [-0.1, -0.05) is 30.3 Å². The lowest BCUT2D eigenvalue weighted by Gasteiger charge is -1.98. The first-order valence-corrected chi connectivity index (χ1v) is 3.92. The van der Waals surface area contributed by atoms with Gasteiger partial charge in [0.15, 0.2) is 0 Å². The monoisotopic (exact) mass is 155 g/mol. The summed E-state index contributed by atoms with van der Waals surface area (Å²) >= 11 is 0. The Hall–Kier alpha value is -1.63. The number of nitrogens with zero attached hydrogens (tertiary/aromatic N) is 1. The van der Waals surface area contributed by atoms with Crippen molar-refractivity contribution < 1.29 is 0 Å². The summed E-state index contributed by atoms with van der Waals surface area (Å²) in [5, 5.41) is 0. The number of rotatable bonds is 1. The second-order valence-electron chi connectivity index (χ2n) is 2.60. The number of hydrogen-bond donors (Lipinski definition) is 0. The van der Waals surface area contributed by atoms with Crippen molar-refractivity contribution in [2.24, 2.45) is 0 Å². The van der Waals surface area contributed by atoms with E-state index >= 15 is 0 Å². The predicted molar refractivity (Wildman–Crippen MR) is 51.8 cm³/mol. The van der Waals surface area contributed by atoms with Crippen LogP contribution in [0.2, 0.25) is 0 Å². The maximum absolute atomic E-state index is 3.97. The average molecular weight is 155 g/mol. The minimum absolute atomic E-state index is 1.21. The van der Waals surface area contributed by atoms with Gasteiger partial charge in [0.05, 0.1) is 4.99 Å². The van der Waals surface area contributed by atoms with Crippen LogP contribution in [0.25, 0.3) is 5.57 Å². The van der Waals surface area contributed by atoms with E-state index in [0.717, 1.165) is 0 Å². The normalized spacial score (nSPS) is 14.5. The predicted octanol–water partition coefficient (Wildman–Crippen LogP) is 2.00. The van der Waals surface area contributed by atoms with E-state index in [4.69, 9.17) is 0 Å². The van der Waals surface area contributed by atoms with Gasteiger partial charge >= 0.3 is 0 Å². The Morgan fingerprint density at radius 2 is 1.83 bits per heavy atom. The maximum Gasteiger partial charge on any atom is 0.242 e. The van der Waals surface area contributed by atoms with Gasteiger partial charge in [-0.25, -0.2) is 0 Å². The van der Waals surface area contributed by atoms with Crippen LogP contribution in [-0.2, 0) is 0 Å². The zero-order valence-electron chi connectivity index (χ0n) is 6.64. The van der Waals surface area contributed by atoms with E-state index in [-0.39, 0.29) is 0 Å². The molecule has 1 aliphatic rings. The molecular weight excluding hydrogens is 146 g/mol. The minimum atomic E-state index is 1.21. The van der Waals surface area contributed by atoms with Gasteiger partial charge in [-0.05, 0) is 11.1 Å². The second-order valence-corrected chi connectivity index (χ2v) is 2.60. The number of allylic oxidation sites excluding steroid dienone is 3. The molecule has 1 nitrogen and oxygen atoms in total. The SMILES string of the molecule is C1=CC(c2ccccc2)=CC=[N+]1. The third-order valence-corrected chi connectivity index (χ3v) is 1.79. The van der Waals surface area contributed by atoms with Crippen molar-refractivity contribution in [3.8, 4) is 0 Å². The molecule has 0 amide bonds. The molecule has 1 heteroatoms. The molecule has 1 aromatic rings. The lowest BCUT2D eigenvalue weighted by Crippen LogP contribution is -1.89. The van der Waals surface area contributed by atoms with Crippen LogP contribution < -0.4 is 4.99 Å². The van der Waals surface area contributed by atoms with Gasteiger partial charge in [-0.15, -0.1) is 0 Å². The second kappa shape index (κ2) is 3.18. The molecule has 1 aromatic carbocycles. The fourth-order valence-electron chi connectivity index (χ4n) is 1.17. The van der Waals surface area contributed by atoms with Gasteiger partial charge in [-0.3, -0.25) is 0 Å². The van der Waals surface area contributed by atoms with Crippen molar-refractivity contribution in [1.82, 2.24) is 4.99 Å². The highest BCUT2D eigenvalue weighted by atomic mass is 14.7. The first-order chi connectivity index (χ1) is 5.97. The molecule has 0 saturated carbocycles. The van der Waals surface area contributed by atoms with E-state index in [1.807, 2.05) is 42.8 Å². The molecule has 57 valence electrons. The fraction of sp³-hybridized carbons (Fsp3) is 0. The molecule has 2 rings (SSSR count). The number of aliphatic imine (C=N–C) groups is 1. The molecule has 0 N–H and O–H groups in total. The summed E-state index contributed by atoms with van der Waals surface area (Å²) in [6, 6.07) is 10.3. The van der Waals surface area contributed by atoms with Crippen LogP contribution in [0.5, 0.6) is 0 Å². The summed E-state index contributed by atoms with van der Waals surface area (Å²) < 4.78 is 0. The molecule has 1 radical (unpaired) electrons. The van der Waals surface area contributed by atoms with Gasteiger partial charge in [0.1, 0.15) is 0 Å². The van der Waals surface area contributed by atoms with Crippen LogP contribution in [-0.4, -0.2) is 6.21 Å². The van der Waals surface area contributed by atoms with Gasteiger partial charge in [0.2, 0.25) is 12.4 Å². The third kappa shape index (κ3) is 1.35. The topological polar surface area (TPSA) is 14.1 Å². The highest BCUT2D eigenvalue weighted by Gasteiger charge is 2.01. The largest absolute Gasteiger partial charge is 0.242 e. The maximum atomic E-state index is 3.97.